The Labute approximate surface area is 118 Å². The number of nitrogens with zero attached hydrogens (tertiary/aromatic N) is 2. The fraction of sp³-hybridized carbons (Fsp3) is 0.636. The van der Waals surface area contributed by atoms with Crippen molar-refractivity contribution in [3.05, 3.63) is 11.4 Å². The molecule has 0 radical (unpaired) electrons. The number of thioether (sulfide) groups is 1. The van der Waals surface area contributed by atoms with Crippen molar-refractivity contribution in [3.8, 4) is 0 Å². The summed E-state index contributed by atoms with van der Waals surface area (Å²) in [6, 6.07) is 0. The lowest BCUT2D eigenvalue weighted by Gasteiger charge is -2.11. The molecule has 1 heterocycles. The van der Waals surface area contributed by atoms with E-state index in [0.717, 1.165) is 29.3 Å². The molecule has 1 aromatic rings. The van der Waals surface area contributed by atoms with E-state index in [2.05, 4.69) is 22.3 Å². The number of nitrogens with one attached hydrogen (secondary N) is 1. The summed E-state index contributed by atoms with van der Waals surface area (Å²) in [7, 11) is -2.95. The van der Waals surface area contributed by atoms with Crippen LogP contribution in [0.3, 0.4) is 0 Å². The molecule has 6 nitrogen and oxygen atoms in total. The second-order valence-corrected chi connectivity index (χ2v) is 7.63. The minimum Gasteiger partial charge on any atom is -0.308 e. The molecule has 3 N–H and O–H groups in total. The van der Waals surface area contributed by atoms with Crippen molar-refractivity contribution < 1.29 is 8.42 Å². The van der Waals surface area contributed by atoms with E-state index < -0.39 is 9.84 Å². The zero-order valence-corrected chi connectivity index (χ0v) is 13.1. The molecule has 8 heteroatoms. The lowest BCUT2D eigenvalue weighted by atomic mass is 10.3. The molecular formula is C11H20N4O2S2. The van der Waals surface area contributed by atoms with Gasteiger partial charge < -0.3 is 5.43 Å². The molecule has 0 aromatic carbocycles. The number of aryl methyl sites for hydroxylation is 1. The first-order valence-electron chi connectivity index (χ1n) is 6.02. The molecule has 0 spiro atoms. The summed E-state index contributed by atoms with van der Waals surface area (Å²) in [5, 5.41) is 0.787. The molecule has 0 aliphatic carbocycles. The predicted molar refractivity (Wildman–Crippen MR) is 79.0 cm³/mol. The van der Waals surface area contributed by atoms with Gasteiger partial charge in [0.1, 0.15) is 26.5 Å². The molecule has 0 atom stereocenters. The SMILES string of the molecule is CCCc1nc(NN)c(C)c(SCCS(C)(=O)=O)n1. The summed E-state index contributed by atoms with van der Waals surface area (Å²) < 4.78 is 22.2. The zero-order chi connectivity index (χ0) is 14.5. The Balaban J connectivity index is 2.88. The number of hydrogen-bond donors (Lipinski definition) is 2. The number of aromatic nitrogens is 2. The minimum atomic E-state index is -2.95. The van der Waals surface area contributed by atoms with Gasteiger partial charge in [0, 0.05) is 24.0 Å². The molecule has 0 aliphatic heterocycles. The predicted octanol–water partition coefficient (Wildman–Crippen LogP) is 1.16. The third kappa shape index (κ3) is 5.33. The highest BCUT2D eigenvalue weighted by Crippen LogP contribution is 2.25. The third-order valence-electron chi connectivity index (χ3n) is 2.45. The van der Waals surface area contributed by atoms with Crippen molar-refractivity contribution in [1.82, 2.24) is 9.97 Å². The van der Waals surface area contributed by atoms with Crippen LogP contribution in [0.1, 0.15) is 24.7 Å². The van der Waals surface area contributed by atoms with Crippen molar-refractivity contribution in [2.45, 2.75) is 31.7 Å². The molecule has 0 unspecified atom stereocenters. The Kier molecular flexibility index (Phi) is 6.02. The van der Waals surface area contributed by atoms with E-state index >= 15 is 0 Å². The van der Waals surface area contributed by atoms with Gasteiger partial charge in [0.05, 0.1) is 5.75 Å². The Bertz CT molecular complexity index is 532. The first kappa shape index (κ1) is 16.2. The lowest BCUT2D eigenvalue weighted by Crippen LogP contribution is -2.13. The van der Waals surface area contributed by atoms with Gasteiger partial charge in [-0.1, -0.05) is 6.92 Å². The fourth-order valence-corrected chi connectivity index (χ4v) is 3.67. The first-order chi connectivity index (χ1) is 8.87. The molecular weight excluding hydrogens is 284 g/mol. The van der Waals surface area contributed by atoms with Crippen molar-refractivity contribution in [1.29, 1.82) is 0 Å². The molecule has 0 bridgehead atoms. The molecule has 0 aliphatic rings. The normalized spacial score (nSPS) is 11.6. The van der Waals surface area contributed by atoms with Crippen LogP contribution in [-0.4, -0.2) is 36.1 Å². The number of sulfone groups is 1. The number of anilines is 1. The van der Waals surface area contributed by atoms with Crippen LogP contribution in [-0.2, 0) is 16.3 Å². The summed E-state index contributed by atoms with van der Waals surface area (Å²) in [6.45, 7) is 3.92. The van der Waals surface area contributed by atoms with Crippen molar-refractivity contribution in [2.24, 2.45) is 5.84 Å². The second-order valence-electron chi connectivity index (χ2n) is 4.29. The molecule has 108 valence electrons. The van der Waals surface area contributed by atoms with Crippen LogP contribution < -0.4 is 11.3 Å². The van der Waals surface area contributed by atoms with Crippen molar-refractivity contribution in [3.63, 3.8) is 0 Å². The average molecular weight is 304 g/mol. The van der Waals surface area contributed by atoms with Crippen molar-refractivity contribution in [2.75, 3.05) is 23.2 Å². The van der Waals surface area contributed by atoms with Crippen LogP contribution in [0.4, 0.5) is 5.82 Å². The molecule has 0 fully saturated rings. The van der Waals surface area contributed by atoms with Gasteiger partial charge in [0.25, 0.3) is 0 Å². The highest BCUT2D eigenvalue weighted by Gasteiger charge is 2.11. The monoisotopic (exact) mass is 304 g/mol. The third-order valence-corrected chi connectivity index (χ3v) is 4.73. The minimum absolute atomic E-state index is 0.135. The fourth-order valence-electron chi connectivity index (χ4n) is 1.45. The Morgan fingerprint density at radius 3 is 2.58 bits per heavy atom. The highest BCUT2D eigenvalue weighted by atomic mass is 32.2. The Morgan fingerprint density at radius 1 is 1.37 bits per heavy atom. The first-order valence-corrected chi connectivity index (χ1v) is 9.06. The van der Waals surface area contributed by atoms with E-state index in [1.807, 2.05) is 6.92 Å². The summed E-state index contributed by atoms with van der Waals surface area (Å²) in [6.07, 6.45) is 2.95. The van der Waals surface area contributed by atoms with Gasteiger partial charge in [-0.2, -0.15) is 0 Å². The zero-order valence-electron chi connectivity index (χ0n) is 11.4. The topological polar surface area (TPSA) is 98.0 Å². The van der Waals surface area contributed by atoms with Crippen LogP contribution in [0.5, 0.6) is 0 Å². The molecule has 1 aromatic heterocycles. The van der Waals surface area contributed by atoms with Crippen LogP contribution in [0, 0.1) is 6.92 Å². The van der Waals surface area contributed by atoms with Gasteiger partial charge in [-0.05, 0) is 13.3 Å². The molecule has 1 rings (SSSR count). The summed E-state index contributed by atoms with van der Waals surface area (Å²) >= 11 is 1.42. The van der Waals surface area contributed by atoms with E-state index in [4.69, 9.17) is 5.84 Å². The van der Waals surface area contributed by atoms with Crippen LogP contribution in [0.25, 0.3) is 0 Å². The lowest BCUT2D eigenvalue weighted by molar-refractivity contribution is 0.603. The number of hydrogen-bond acceptors (Lipinski definition) is 7. The number of nitrogen functional groups attached to an aromatic ring is 1. The van der Waals surface area contributed by atoms with E-state index in [1.54, 1.807) is 0 Å². The quantitative estimate of drug-likeness (QED) is 0.337. The van der Waals surface area contributed by atoms with Crippen LogP contribution in [0.2, 0.25) is 0 Å². The van der Waals surface area contributed by atoms with Gasteiger partial charge in [-0.25, -0.2) is 24.2 Å². The van der Waals surface area contributed by atoms with Gasteiger partial charge in [-0.3, -0.25) is 0 Å². The van der Waals surface area contributed by atoms with Crippen LogP contribution in [0.15, 0.2) is 5.03 Å². The number of rotatable bonds is 7. The average Bonchev–Trinajstić information content (AvgIpc) is 2.31. The molecule has 0 saturated heterocycles. The van der Waals surface area contributed by atoms with E-state index in [0.29, 0.717) is 11.6 Å². The summed E-state index contributed by atoms with van der Waals surface area (Å²) in [5.74, 6) is 7.37. The van der Waals surface area contributed by atoms with Gasteiger partial charge >= 0.3 is 0 Å². The summed E-state index contributed by atoms with van der Waals surface area (Å²) in [4.78, 5) is 8.77. The Morgan fingerprint density at radius 2 is 2.05 bits per heavy atom. The highest BCUT2D eigenvalue weighted by molar-refractivity contribution is 8.00. The second kappa shape index (κ2) is 7.06. The molecule has 19 heavy (non-hydrogen) atoms. The number of nitrogens with two attached hydrogens (primary N) is 1. The Hall–Kier alpha value is -0.860. The van der Waals surface area contributed by atoms with E-state index in [9.17, 15) is 8.42 Å². The summed E-state index contributed by atoms with van der Waals surface area (Å²) in [5.41, 5.74) is 3.41. The smallest absolute Gasteiger partial charge is 0.148 e. The van der Waals surface area contributed by atoms with Gasteiger partial charge in [-0.15, -0.1) is 11.8 Å². The molecule has 0 amide bonds. The molecule has 0 saturated carbocycles. The number of hydrazine groups is 1. The maximum Gasteiger partial charge on any atom is 0.148 e. The largest absolute Gasteiger partial charge is 0.308 e. The van der Waals surface area contributed by atoms with Gasteiger partial charge in [0.15, 0.2) is 0 Å². The maximum absolute atomic E-state index is 11.1. The van der Waals surface area contributed by atoms with Crippen LogP contribution >= 0.6 is 11.8 Å². The van der Waals surface area contributed by atoms with Gasteiger partial charge in [0.2, 0.25) is 0 Å². The van der Waals surface area contributed by atoms with Crippen molar-refractivity contribution >= 4 is 27.4 Å². The van der Waals surface area contributed by atoms with E-state index in [1.165, 1.54) is 18.0 Å². The maximum atomic E-state index is 11.1. The van der Waals surface area contributed by atoms with E-state index in [-0.39, 0.29) is 5.75 Å². The standard InChI is InChI=1S/C11H20N4O2S2/c1-4-5-9-13-10(15-12)8(2)11(14-9)18-6-7-19(3,16)17/h4-7,12H2,1-3H3,(H,13,14,15).